The van der Waals surface area contributed by atoms with Crippen LogP contribution >= 0.6 is 31.9 Å². The van der Waals surface area contributed by atoms with Crippen molar-refractivity contribution in [2.24, 2.45) is 0 Å². The molecule has 2 aromatic rings. The van der Waals surface area contributed by atoms with Crippen molar-refractivity contribution in [3.8, 4) is 11.5 Å². The maximum atomic E-state index is 13.9. The SMILES string of the molecule is Cc1cc(Oc2ccc(Br)cc2CBr)c(F)cc1[N+](=O)[O-]. The first kappa shape index (κ1) is 15.9. The van der Waals surface area contributed by atoms with E-state index in [4.69, 9.17) is 4.74 Å². The lowest BCUT2D eigenvalue weighted by molar-refractivity contribution is -0.385. The number of nitro benzene ring substituents is 1. The molecular weight excluding hydrogens is 409 g/mol. The maximum Gasteiger partial charge on any atom is 0.275 e. The standard InChI is InChI=1S/C14H10Br2FNO3/c1-8-4-14(11(17)6-12(8)18(19)20)21-13-3-2-10(16)5-9(13)7-15/h2-6H,7H2,1H3. The van der Waals surface area contributed by atoms with Crippen LogP contribution in [0.15, 0.2) is 34.8 Å². The molecule has 0 saturated carbocycles. The van der Waals surface area contributed by atoms with Crippen LogP contribution in [0, 0.1) is 22.9 Å². The number of benzene rings is 2. The second-order valence-corrected chi connectivity index (χ2v) is 5.79. The van der Waals surface area contributed by atoms with E-state index in [-0.39, 0.29) is 11.4 Å². The van der Waals surface area contributed by atoms with E-state index in [0.29, 0.717) is 16.6 Å². The van der Waals surface area contributed by atoms with E-state index in [1.54, 1.807) is 12.1 Å². The smallest absolute Gasteiger partial charge is 0.275 e. The lowest BCUT2D eigenvalue weighted by atomic mass is 10.2. The Morgan fingerprint density at radius 3 is 2.62 bits per heavy atom. The van der Waals surface area contributed by atoms with Gasteiger partial charge in [-0.1, -0.05) is 31.9 Å². The maximum absolute atomic E-state index is 13.9. The molecule has 0 bridgehead atoms. The lowest BCUT2D eigenvalue weighted by Gasteiger charge is -2.11. The van der Waals surface area contributed by atoms with Crippen molar-refractivity contribution in [1.29, 1.82) is 0 Å². The number of aryl methyl sites for hydroxylation is 1. The minimum atomic E-state index is -0.768. The van der Waals surface area contributed by atoms with Gasteiger partial charge < -0.3 is 4.74 Å². The predicted octanol–water partition coefficient (Wildman–Crippen LogP) is 5.49. The highest BCUT2D eigenvalue weighted by molar-refractivity contribution is 9.10. The van der Waals surface area contributed by atoms with Crippen LogP contribution in [-0.2, 0) is 5.33 Å². The topological polar surface area (TPSA) is 52.4 Å². The number of ether oxygens (including phenoxy) is 1. The fraction of sp³-hybridized carbons (Fsp3) is 0.143. The van der Waals surface area contributed by atoms with E-state index in [9.17, 15) is 14.5 Å². The third-order valence-corrected chi connectivity index (χ3v) is 3.93. The van der Waals surface area contributed by atoms with Crippen LogP contribution in [0.4, 0.5) is 10.1 Å². The second kappa shape index (κ2) is 6.53. The number of nitro groups is 1. The van der Waals surface area contributed by atoms with Gasteiger partial charge in [0, 0.05) is 20.9 Å². The Morgan fingerprint density at radius 1 is 1.29 bits per heavy atom. The van der Waals surface area contributed by atoms with Gasteiger partial charge >= 0.3 is 0 Å². The summed E-state index contributed by atoms with van der Waals surface area (Å²) < 4.78 is 20.4. The van der Waals surface area contributed by atoms with Crippen LogP contribution < -0.4 is 4.74 Å². The first-order chi connectivity index (χ1) is 9.92. The monoisotopic (exact) mass is 417 g/mol. The Hall–Kier alpha value is -1.47. The Balaban J connectivity index is 2.41. The average molecular weight is 419 g/mol. The van der Waals surface area contributed by atoms with Gasteiger partial charge in [-0.2, -0.15) is 0 Å². The molecule has 0 aromatic heterocycles. The molecule has 0 spiro atoms. The molecule has 0 heterocycles. The molecule has 7 heteroatoms. The van der Waals surface area contributed by atoms with E-state index in [2.05, 4.69) is 31.9 Å². The van der Waals surface area contributed by atoms with Gasteiger partial charge in [0.05, 0.1) is 11.0 Å². The molecule has 0 aliphatic rings. The largest absolute Gasteiger partial charge is 0.454 e. The molecular formula is C14H10Br2FNO3. The molecule has 0 unspecified atom stereocenters. The van der Waals surface area contributed by atoms with Gasteiger partial charge in [-0.05, 0) is 31.2 Å². The van der Waals surface area contributed by atoms with E-state index in [1.807, 2.05) is 6.07 Å². The second-order valence-electron chi connectivity index (χ2n) is 4.31. The van der Waals surface area contributed by atoms with Crippen molar-refractivity contribution in [3.05, 3.63) is 61.9 Å². The molecule has 2 rings (SSSR count). The van der Waals surface area contributed by atoms with Crippen LogP contribution in [0.1, 0.15) is 11.1 Å². The number of rotatable bonds is 4. The summed E-state index contributed by atoms with van der Waals surface area (Å²) in [6.07, 6.45) is 0. The minimum absolute atomic E-state index is 0.0392. The summed E-state index contributed by atoms with van der Waals surface area (Å²) in [5.41, 5.74) is 0.907. The Labute approximate surface area is 137 Å². The highest BCUT2D eigenvalue weighted by Gasteiger charge is 2.17. The molecule has 0 radical (unpaired) electrons. The molecule has 0 aliphatic heterocycles. The third-order valence-electron chi connectivity index (χ3n) is 2.83. The normalized spacial score (nSPS) is 10.5. The highest BCUT2D eigenvalue weighted by Crippen LogP contribution is 2.33. The van der Waals surface area contributed by atoms with Crippen LogP contribution in [-0.4, -0.2) is 4.92 Å². The van der Waals surface area contributed by atoms with Gasteiger partial charge in [0.15, 0.2) is 11.6 Å². The molecule has 0 atom stereocenters. The van der Waals surface area contributed by atoms with E-state index >= 15 is 0 Å². The van der Waals surface area contributed by atoms with E-state index < -0.39 is 10.7 Å². The first-order valence-electron chi connectivity index (χ1n) is 5.89. The summed E-state index contributed by atoms with van der Waals surface area (Å²) in [4.78, 5) is 10.1. The highest BCUT2D eigenvalue weighted by atomic mass is 79.9. The van der Waals surface area contributed by atoms with Crippen molar-refractivity contribution in [2.45, 2.75) is 12.3 Å². The first-order valence-corrected chi connectivity index (χ1v) is 7.80. The average Bonchev–Trinajstić information content (AvgIpc) is 2.43. The van der Waals surface area contributed by atoms with Crippen molar-refractivity contribution in [2.75, 3.05) is 0 Å². The number of halogens is 3. The molecule has 4 nitrogen and oxygen atoms in total. The van der Waals surface area contributed by atoms with Gasteiger partial charge in [0.25, 0.3) is 5.69 Å². The van der Waals surface area contributed by atoms with Crippen LogP contribution in [0.3, 0.4) is 0 Å². The molecule has 0 fully saturated rings. The third kappa shape index (κ3) is 3.59. The molecule has 0 amide bonds. The number of nitrogens with zero attached hydrogens (tertiary/aromatic N) is 1. The molecule has 0 aliphatic carbocycles. The van der Waals surface area contributed by atoms with Crippen molar-refractivity contribution >= 4 is 37.5 Å². The minimum Gasteiger partial charge on any atom is -0.454 e. The van der Waals surface area contributed by atoms with Crippen LogP contribution in [0.25, 0.3) is 0 Å². The van der Waals surface area contributed by atoms with Crippen molar-refractivity contribution < 1.29 is 14.1 Å². The van der Waals surface area contributed by atoms with Crippen LogP contribution in [0.2, 0.25) is 0 Å². The summed E-state index contributed by atoms with van der Waals surface area (Å²) in [5.74, 6) is -0.319. The van der Waals surface area contributed by atoms with E-state index in [1.165, 1.54) is 13.0 Å². The molecule has 0 saturated heterocycles. The Morgan fingerprint density at radius 2 is 2.00 bits per heavy atom. The van der Waals surface area contributed by atoms with Gasteiger partial charge in [0.2, 0.25) is 0 Å². The lowest BCUT2D eigenvalue weighted by Crippen LogP contribution is -1.97. The van der Waals surface area contributed by atoms with Crippen LogP contribution in [0.5, 0.6) is 11.5 Å². The zero-order valence-electron chi connectivity index (χ0n) is 10.9. The van der Waals surface area contributed by atoms with Crippen molar-refractivity contribution in [1.82, 2.24) is 0 Å². The molecule has 0 N–H and O–H groups in total. The number of hydrogen-bond acceptors (Lipinski definition) is 3. The summed E-state index contributed by atoms with van der Waals surface area (Å²) in [7, 11) is 0. The van der Waals surface area contributed by atoms with E-state index in [0.717, 1.165) is 16.1 Å². The summed E-state index contributed by atoms with van der Waals surface area (Å²) in [6.45, 7) is 1.54. The zero-order chi connectivity index (χ0) is 15.6. The van der Waals surface area contributed by atoms with Gasteiger partial charge in [0.1, 0.15) is 5.75 Å². The van der Waals surface area contributed by atoms with Crippen molar-refractivity contribution in [3.63, 3.8) is 0 Å². The molecule has 21 heavy (non-hydrogen) atoms. The fourth-order valence-electron chi connectivity index (χ4n) is 1.79. The zero-order valence-corrected chi connectivity index (χ0v) is 14.1. The summed E-state index contributed by atoms with van der Waals surface area (Å²) >= 11 is 6.68. The number of alkyl halides is 1. The summed E-state index contributed by atoms with van der Waals surface area (Å²) in [5, 5.41) is 11.3. The van der Waals surface area contributed by atoms with Gasteiger partial charge in [-0.25, -0.2) is 4.39 Å². The molecule has 2 aromatic carbocycles. The summed E-state index contributed by atoms with van der Waals surface area (Å²) in [6, 6.07) is 7.53. The number of hydrogen-bond donors (Lipinski definition) is 0. The quantitative estimate of drug-likeness (QED) is 0.374. The van der Waals surface area contributed by atoms with Gasteiger partial charge in [-0.3, -0.25) is 10.1 Å². The molecule has 110 valence electrons. The predicted molar refractivity (Wildman–Crippen MR) is 84.6 cm³/mol. The Bertz CT molecular complexity index is 707. The fourth-order valence-corrected chi connectivity index (χ4v) is 2.64. The van der Waals surface area contributed by atoms with Gasteiger partial charge in [-0.15, -0.1) is 0 Å². The Kier molecular flexibility index (Phi) is 4.95.